The first-order valence-electron chi connectivity index (χ1n) is 9.84. The number of amides is 1. The summed E-state index contributed by atoms with van der Waals surface area (Å²) in [6.45, 7) is 4.63. The minimum Gasteiger partial charge on any atom is -0.492 e. The van der Waals surface area contributed by atoms with Crippen LogP contribution in [0.3, 0.4) is 0 Å². The van der Waals surface area contributed by atoms with Crippen LogP contribution in [-0.2, 0) is 11.2 Å². The molecule has 164 valence electrons. The maximum Gasteiger partial charge on any atom is 0.277 e. The van der Waals surface area contributed by atoms with Crippen molar-refractivity contribution in [1.82, 2.24) is 10.2 Å². The summed E-state index contributed by atoms with van der Waals surface area (Å²) in [5, 5.41) is 12.4. The molecule has 1 amide bonds. The fraction of sp³-hybridized carbons (Fsp3) is 0.318. The Balaban J connectivity index is 1.41. The van der Waals surface area contributed by atoms with Crippen molar-refractivity contribution in [3.05, 3.63) is 64.0 Å². The van der Waals surface area contributed by atoms with Crippen molar-refractivity contribution in [2.75, 3.05) is 17.7 Å². The molecule has 0 aliphatic carbocycles. The molecule has 2 aromatic carbocycles. The molecule has 0 fully saturated rings. The van der Waals surface area contributed by atoms with Gasteiger partial charge in [-0.2, -0.15) is 0 Å². The maximum atomic E-state index is 12.3. The van der Waals surface area contributed by atoms with Gasteiger partial charge < -0.3 is 14.5 Å². The summed E-state index contributed by atoms with van der Waals surface area (Å²) in [4.78, 5) is 12.3. The molecule has 3 aromatic rings. The minimum absolute atomic E-state index is 0.119. The number of rotatable bonds is 10. The zero-order valence-electron chi connectivity index (χ0n) is 17.2. The molecule has 0 saturated carbocycles. The molecule has 6 nitrogen and oxygen atoms in total. The number of benzene rings is 2. The molecular weight excluding hydrogens is 457 g/mol. The highest BCUT2D eigenvalue weighted by atomic mass is 35.5. The van der Waals surface area contributed by atoms with E-state index in [0.717, 1.165) is 11.3 Å². The van der Waals surface area contributed by atoms with E-state index in [9.17, 15) is 4.79 Å². The number of thioether (sulfide) groups is 1. The fourth-order valence-corrected chi connectivity index (χ4v) is 3.87. The number of nitrogens with zero attached hydrogens (tertiary/aromatic N) is 2. The molecule has 0 spiro atoms. The zero-order chi connectivity index (χ0) is 22.2. The summed E-state index contributed by atoms with van der Waals surface area (Å²) < 4.78 is 11.2. The number of aryl methyl sites for hydroxylation is 1. The Bertz CT molecular complexity index is 1030. The molecule has 0 unspecified atom stereocenters. The summed E-state index contributed by atoms with van der Waals surface area (Å²) in [6.07, 6.45) is 1.24. The van der Waals surface area contributed by atoms with Crippen molar-refractivity contribution >= 4 is 46.6 Å². The average molecular weight is 480 g/mol. The predicted molar refractivity (Wildman–Crippen MR) is 124 cm³/mol. The summed E-state index contributed by atoms with van der Waals surface area (Å²) in [7, 11) is 0. The van der Waals surface area contributed by atoms with E-state index in [1.807, 2.05) is 24.3 Å². The van der Waals surface area contributed by atoms with Crippen LogP contribution in [-0.4, -0.2) is 28.5 Å². The van der Waals surface area contributed by atoms with E-state index in [1.165, 1.54) is 11.8 Å². The number of ether oxygens (including phenoxy) is 1. The van der Waals surface area contributed by atoms with E-state index in [2.05, 4.69) is 29.4 Å². The van der Waals surface area contributed by atoms with Crippen molar-refractivity contribution in [3.63, 3.8) is 0 Å². The minimum atomic E-state index is -0.119. The van der Waals surface area contributed by atoms with E-state index in [4.69, 9.17) is 32.4 Å². The summed E-state index contributed by atoms with van der Waals surface area (Å²) in [6, 6.07) is 12.9. The van der Waals surface area contributed by atoms with Gasteiger partial charge in [0, 0.05) is 17.1 Å². The Labute approximate surface area is 195 Å². The maximum absolute atomic E-state index is 12.3. The predicted octanol–water partition coefficient (Wildman–Crippen LogP) is 6.24. The molecule has 1 N–H and O–H groups in total. The van der Waals surface area contributed by atoms with Crippen LogP contribution in [0.2, 0.25) is 10.0 Å². The van der Waals surface area contributed by atoms with E-state index >= 15 is 0 Å². The lowest BCUT2D eigenvalue weighted by Gasteiger charge is -2.13. The molecule has 3 rings (SSSR count). The largest absolute Gasteiger partial charge is 0.492 e. The van der Waals surface area contributed by atoms with Crippen molar-refractivity contribution in [3.8, 4) is 5.75 Å². The van der Waals surface area contributed by atoms with Crippen LogP contribution in [0, 0.1) is 0 Å². The van der Waals surface area contributed by atoms with Gasteiger partial charge in [-0.25, -0.2) is 0 Å². The molecule has 0 radical (unpaired) electrons. The molecule has 9 heteroatoms. The van der Waals surface area contributed by atoms with Gasteiger partial charge in [0.25, 0.3) is 5.22 Å². The number of para-hydroxylation sites is 1. The van der Waals surface area contributed by atoms with Crippen molar-refractivity contribution in [2.24, 2.45) is 0 Å². The molecule has 0 saturated heterocycles. The number of hydrogen-bond donors (Lipinski definition) is 1. The molecule has 1 heterocycles. The highest BCUT2D eigenvalue weighted by Gasteiger charge is 2.12. The topological polar surface area (TPSA) is 77.2 Å². The summed E-state index contributed by atoms with van der Waals surface area (Å²) >= 11 is 13.2. The second-order valence-electron chi connectivity index (χ2n) is 7.07. The highest BCUT2D eigenvalue weighted by Crippen LogP contribution is 2.28. The molecular formula is C22H23Cl2N3O3S. The first-order chi connectivity index (χ1) is 14.9. The quantitative estimate of drug-likeness (QED) is 0.273. The number of carbonyl (C=O) groups is 1. The third-order valence-electron chi connectivity index (χ3n) is 4.32. The van der Waals surface area contributed by atoms with Gasteiger partial charge in [-0.15, -0.1) is 10.2 Å². The monoisotopic (exact) mass is 479 g/mol. The first kappa shape index (κ1) is 23.4. The van der Waals surface area contributed by atoms with E-state index in [-0.39, 0.29) is 11.7 Å². The first-order valence-corrected chi connectivity index (χ1v) is 11.6. The van der Waals surface area contributed by atoms with Gasteiger partial charge in [-0.3, -0.25) is 4.79 Å². The van der Waals surface area contributed by atoms with Crippen LogP contribution < -0.4 is 10.1 Å². The number of carbonyl (C=O) groups excluding carboxylic acids is 1. The van der Waals surface area contributed by atoms with Gasteiger partial charge in [-0.05, 0) is 42.2 Å². The molecule has 31 heavy (non-hydrogen) atoms. The number of nitrogens with one attached hydrogen (secondary N) is 1. The van der Waals surface area contributed by atoms with Crippen LogP contribution in [0.15, 0.2) is 52.1 Å². The van der Waals surface area contributed by atoms with Crippen molar-refractivity contribution in [1.29, 1.82) is 0 Å². The van der Waals surface area contributed by atoms with E-state index in [1.54, 1.807) is 18.2 Å². The summed E-state index contributed by atoms with van der Waals surface area (Å²) in [5.41, 5.74) is 1.93. The number of hydrogen-bond acceptors (Lipinski definition) is 6. The second kappa shape index (κ2) is 11.4. The van der Waals surface area contributed by atoms with Crippen LogP contribution in [0.1, 0.15) is 37.6 Å². The third-order valence-corrected chi connectivity index (χ3v) is 5.67. The molecule has 0 atom stereocenters. The lowest BCUT2D eigenvalue weighted by Crippen LogP contribution is -2.15. The highest BCUT2D eigenvalue weighted by molar-refractivity contribution is 7.99. The SMILES string of the molecule is CC(C)c1ccccc1NC(=O)CSc1nnc(CCCOc2ccc(Cl)cc2Cl)o1. The summed E-state index contributed by atoms with van der Waals surface area (Å²) in [5.74, 6) is 1.47. The molecule has 0 bridgehead atoms. The molecule has 1 aromatic heterocycles. The van der Waals surface area contributed by atoms with E-state index < -0.39 is 0 Å². The normalized spacial score (nSPS) is 11.0. The van der Waals surface area contributed by atoms with Crippen LogP contribution >= 0.6 is 35.0 Å². The van der Waals surface area contributed by atoms with Crippen LogP contribution in [0.25, 0.3) is 0 Å². The fourth-order valence-electron chi connectivity index (χ4n) is 2.82. The second-order valence-corrected chi connectivity index (χ2v) is 8.84. The molecule has 0 aliphatic rings. The Morgan fingerprint density at radius 2 is 2.00 bits per heavy atom. The van der Waals surface area contributed by atoms with Gasteiger partial charge >= 0.3 is 0 Å². The smallest absolute Gasteiger partial charge is 0.277 e. The standard InChI is InChI=1S/C22H23Cl2N3O3S/c1-14(2)16-6-3-4-7-18(16)25-20(28)13-31-22-27-26-21(30-22)8-5-11-29-19-10-9-15(23)12-17(19)24/h3-4,6-7,9-10,12,14H,5,8,11,13H2,1-2H3,(H,25,28). The zero-order valence-corrected chi connectivity index (χ0v) is 19.6. The van der Waals surface area contributed by atoms with Gasteiger partial charge in [0.05, 0.1) is 17.4 Å². The Morgan fingerprint density at radius 3 is 2.77 bits per heavy atom. The molecule has 0 aliphatic heterocycles. The average Bonchev–Trinajstić information content (AvgIpc) is 3.19. The van der Waals surface area contributed by atoms with Gasteiger partial charge in [0.15, 0.2) is 0 Å². The van der Waals surface area contributed by atoms with Gasteiger partial charge in [0.2, 0.25) is 11.8 Å². The van der Waals surface area contributed by atoms with Gasteiger partial charge in [-0.1, -0.05) is 67.0 Å². The Hall–Kier alpha value is -2.22. The third kappa shape index (κ3) is 7.16. The number of halogens is 2. The van der Waals surface area contributed by atoms with Crippen LogP contribution in [0.5, 0.6) is 5.75 Å². The number of anilines is 1. The lowest BCUT2D eigenvalue weighted by molar-refractivity contribution is -0.113. The van der Waals surface area contributed by atoms with Crippen LogP contribution in [0.4, 0.5) is 5.69 Å². The van der Waals surface area contributed by atoms with Gasteiger partial charge in [0.1, 0.15) is 5.75 Å². The number of aromatic nitrogens is 2. The van der Waals surface area contributed by atoms with Crippen molar-refractivity contribution < 1.29 is 13.9 Å². The Kier molecular flexibility index (Phi) is 8.63. The van der Waals surface area contributed by atoms with Crippen molar-refractivity contribution in [2.45, 2.75) is 37.8 Å². The Morgan fingerprint density at radius 1 is 1.19 bits per heavy atom. The lowest BCUT2D eigenvalue weighted by atomic mass is 10.0. The van der Waals surface area contributed by atoms with E-state index in [0.29, 0.717) is 52.3 Å².